The fourth-order valence-corrected chi connectivity index (χ4v) is 8.89. The number of esters is 2. The van der Waals surface area contributed by atoms with Crippen LogP contribution in [0, 0.1) is 0 Å². The van der Waals surface area contributed by atoms with Crippen LogP contribution in [-0.4, -0.2) is 87.4 Å². The normalized spacial score (nSPS) is 13.1. The zero-order valence-corrected chi connectivity index (χ0v) is 48.6. The van der Waals surface area contributed by atoms with Gasteiger partial charge in [-0.3, -0.25) is 9.59 Å². The molecular weight excluding hydrogens is 911 g/mol. The predicted molar refractivity (Wildman–Crippen MR) is 309 cm³/mol. The van der Waals surface area contributed by atoms with E-state index in [0.717, 1.165) is 64.2 Å². The molecule has 0 spiro atoms. The third kappa shape index (κ3) is 56.8. The third-order valence-corrected chi connectivity index (χ3v) is 13.6. The number of rotatable bonds is 57. The van der Waals surface area contributed by atoms with Gasteiger partial charge in [-0.05, 0) is 51.4 Å². The van der Waals surface area contributed by atoms with Gasteiger partial charge in [-0.25, -0.2) is 4.79 Å². The van der Waals surface area contributed by atoms with Gasteiger partial charge in [0.2, 0.25) is 0 Å². The van der Waals surface area contributed by atoms with Crippen LogP contribution in [0.1, 0.15) is 284 Å². The molecule has 0 aromatic rings. The summed E-state index contributed by atoms with van der Waals surface area (Å²) in [6.07, 6.45) is 66.2. The van der Waals surface area contributed by atoms with Crippen LogP contribution in [0.15, 0.2) is 48.6 Å². The summed E-state index contributed by atoms with van der Waals surface area (Å²) in [5, 5.41) is 9.72. The molecule has 0 aromatic carbocycles. The zero-order chi connectivity index (χ0) is 53.4. The number of allylic oxidation sites excluding steroid dienone is 8. The molecule has 0 saturated carbocycles. The summed E-state index contributed by atoms with van der Waals surface area (Å²) < 4.78 is 22.9. The molecule has 0 aliphatic heterocycles. The van der Waals surface area contributed by atoms with Gasteiger partial charge in [0, 0.05) is 12.8 Å². The molecule has 73 heavy (non-hydrogen) atoms. The first kappa shape index (κ1) is 70.2. The van der Waals surface area contributed by atoms with Crippen LogP contribution in [-0.2, 0) is 33.3 Å². The zero-order valence-electron chi connectivity index (χ0n) is 48.6. The summed E-state index contributed by atoms with van der Waals surface area (Å²) in [6.45, 7) is 4.81. The van der Waals surface area contributed by atoms with E-state index >= 15 is 0 Å². The van der Waals surface area contributed by atoms with Crippen LogP contribution in [0.5, 0.6) is 0 Å². The third-order valence-electron chi connectivity index (χ3n) is 13.6. The van der Waals surface area contributed by atoms with Crippen molar-refractivity contribution in [3.8, 4) is 0 Å². The highest BCUT2D eigenvalue weighted by Gasteiger charge is 2.25. The van der Waals surface area contributed by atoms with E-state index in [-0.39, 0.29) is 32.2 Å². The summed E-state index contributed by atoms with van der Waals surface area (Å²) in [5.74, 6) is -1.99. The maximum Gasteiger partial charge on any atom is 0.361 e. The van der Waals surface area contributed by atoms with Gasteiger partial charge in [0.05, 0.1) is 34.4 Å². The SMILES string of the molecule is CC/C=C\C/C=C\C/C=C\C/C=C\CCCCCCCCCCCCCCC(=O)OC(COC(=O)CCCCCCCCCCCCCCCCCCCCCCCCC)COC(OCC[N+](C)(C)C)C(=O)O. The maximum absolute atomic E-state index is 12.9. The largest absolute Gasteiger partial charge is 0.477 e. The Labute approximate surface area is 451 Å². The monoisotopic (exact) mass is 1030 g/mol. The number of aliphatic carboxylic acids is 1. The minimum absolute atomic E-state index is 0.179. The topological polar surface area (TPSA) is 108 Å². The lowest BCUT2D eigenvalue weighted by molar-refractivity contribution is -0.870. The lowest BCUT2D eigenvalue weighted by Gasteiger charge is -2.25. The Morgan fingerprint density at radius 3 is 1.16 bits per heavy atom. The first-order valence-corrected chi connectivity index (χ1v) is 30.8. The second-order valence-electron chi connectivity index (χ2n) is 22.0. The first-order valence-electron chi connectivity index (χ1n) is 30.8. The molecule has 426 valence electrons. The second kappa shape index (κ2) is 55.5. The summed E-state index contributed by atoms with van der Waals surface area (Å²) in [5.41, 5.74) is 0. The van der Waals surface area contributed by atoms with Gasteiger partial charge in [-0.1, -0.05) is 268 Å². The van der Waals surface area contributed by atoms with Crippen molar-refractivity contribution in [2.24, 2.45) is 0 Å². The Bertz CT molecular complexity index is 1340. The van der Waals surface area contributed by atoms with Crippen molar-refractivity contribution < 1.29 is 42.9 Å². The van der Waals surface area contributed by atoms with Gasteiger partial charge in [0.25, 0.3) is 6.29 Å². The second-order valence-corrected chi connectivity index (χ2v) is 22.0. The molecule has 2 atom stereocenters. The molecule has 0 aliphatic rings. The van der Waals surface area contributed by atoms with Gasteiger partial charge in [0.1, 0.15) is 13.2 Å². The molecule has 0 rings (SSSR count). The Morgan fingerprint density at radius 1 is 0.425 bits per heavy atom. The van der Waals surface area contributed by atoms with Crippen molar-refractivity contribution in [1.82, 2.24) is 0 Å². The molecule has 1 N–H and O–H groups in total. The van der Waals surface area contributed by atoms with E-state index in [4.69, 9.17) is 18.9 Å². The Morgan fingerprint density at radius 2 is 0.781 bits per heavy atom. The smallest absolute Gasteiger partial charge is 0.361 e. The lowest BCUT2D eigenvalue weighted by atomic mass is 10.0. The van der Waals surface area contributed by atoms with E-state index in [2.05, 4.69) is 62.5 Å². The molecule has 9 nitrogen and oxygen atoms in total. The number of carbonyl (C=O) groups is 3. The van der Waals surface area contributed by atoms with Crippen molar-refractivity contribution in [2.75, 3.05) is 47.5 Å². The van der Waals surface area contributed by atoms with Crippen LogP contribution in [0.3, 0.4) is 0 Å². The van der Waals surface area contributed by atoms with E-state index in [1.54, 1.807) is 0 Å². The van der Waals surface area contributed by atoms with E-state index in [1.165, 1.54) is 193 Å². The number of carbonyl (C=O) groups excluding carboxylic acids is 2. The van der Waals surface area contributed by atoms with Crippen molar-refractivity contribution in [3.05, 3.63) is 48.6 Å². The number of likely N-dealkylation sites (N-methyl/N-ethyl adjacent to an activating group) is 1. The number of carboxylic acids is 1. The van der Waals surface area contributed by atoms with Gasteiger partial charge >= 0.3 is 17.9 Å². The van der Waals surface area contributed by atoms with Crippen LogP contribution >= 0.6 is 0 Å². The van der Waals surface area contributed by atoms with E-state index < -0.39 is 24.3 Å². The highest BCUT2D eigenvalue weighted by molar-refractivity contribution is 5.71. The minimum atomic E-state index is -1.51. The van der Waals surface area contributed by atoms with Crippen LogP contribution in [0.2, 0.25) is 0 Å². The predicted octanol–water partition coefficient (Wildman–Crippen LogP) is 18.2. The number of quaternary nitrogens is 1. The quantitative estimate of drug-likeness (QED) is 0.0211. The molecule has 0 radical (unpaired) electrons. The molecule has 0 amide bonds. The van der Waals surface area contributed by atoms with Crippen LogP contribution in [0.4, 0.5) is 0 Å². The van der Waals surface area contributed by atoms with Gasteiger partial charge in [-0.2, -0.15) is 0 Å². The van der Waals surface area contributed by atoms with Gasteiger partial charge in [0.15, 0.2) is 6.10 Å². The Kier molecular flexibility index (Phi) is 53.4. The fourth-order valence-electron chi connectivity index (χ4n) is 8.89. The summed E-state index contributed by atoms with van der Waals surface area (Å²) in [7, 11) is 5.98. The highest BCUT2D eigenvalue weighted by Crippen LogP contribution is 2.18. The Hall–Kier alpha value is -2.75. The van der Waals surface area contributed by atoms with Gasteiger partial charge in [-0.15, -0.1) is 0 Å². The molecule has 0 aliphatic carbocycles. The van der Waals surface area contributed by atoms with E-state index in [1.807, 2.05) is 21.1 Å². The van der Waals surface area contributed by atoms with Crippen LogP contribution < -0.4 is 0 Å². The average Bonchev–Trinajstić information content (AvgIpc) is 3.36. The number of ether oxygens (including phenoxy) is 4. The van der Waals surface area contributed by atoms with Crippen LogP contribution in [0.25, 0.3) is 0 Å². The molecule has 0 heterocycles. The van der Waals surface area contributed by atoms with Crippen molar-refractivity contribution in [2.45, 2.75) is 296 Å². The molecule has 0 aromatic heterocycles. The lowest BCUT2D eigenvalue weighted by Crippen LogP contribution is -2.40. The minimum Gasteiger partial charge on any atom is -0.477 e. The molecule has 9 heteroatoms. The highest BCUT2D eigenvalue weighted by atomic mass is 16.7. The molecule has 0 bridgehead atoms. The van der Waals surface area contributed by atoms with Gasteiger partial charge < -0.3 is 28.5 Å². The fraction of sp³-hybridized carbons (Fsp3) is 0.828. The summed E-state index contributed by atoms with van der Waals surface area (Å²) >= 11 is 0. The van der Waals surface area contributed by atoms with Crippen molar-refractivity contribution >= 4 is 17.9 Å². The maximum atomic E-state index is 12.9. The van der Waals surface area contributed by atoms with E-state index in [0.29, 0.717) is 17.4 Å². The number of hydrogen-bond donors (Lipinski definition) is 1. The Balaban J connectivity index is 4.18. The molecule has 0 fully saturated rings. The van der Waals surface area contributed by atoms with Crippen molar-refractivity contribution in [1.29, 1.82) is 0 Å². The summed E-state index contributed by atoms with van der Waals surface area (Å²) in [4.78, 5) is 37.5. The summed E-state index contributed by atoms with van der Waals surface area (Å²) in [6, 6.07) is 0. The average molecular weight is 1030 g/mol. The number of carboxylic acid groups (broad SMARTS) is 1. The first-order chi connectivity index (χ1) is 35.6. The van der Waals surface area contributed by atoms with E-state index in [9.17, 15) is 19.5 Å². The number of hydrogen-bond acceptors (Lipinski definition) is 7. The number of nitrogens with zero attached hydrogens (tertiary/aromatic N) is 1. The van der Waals surface area contributed by atoms with Crippen molar-refractivity contribution in [3.63, 3.8) is 0 Å². The molecule has 2 unspecified atom stereocenters. The standard InChI is InChI=1S/C64H117NO8/c1-6-8-10-12-14-16-18-20-22-24-26-28-30-31-33-35-37-39-41-43-45-47-49-51-53-55-62(67)73-60(59-72-64(63(68)69)70-57-56-65(3,4)5)58-71-61(66)54-52-50-48-46-44-42-40-38-36-34-32-29-27-25-23-21-19-17-15-13-11-9-7-2/h8,10,14,16,20,22,26,28,60,64H,6-7,9,11-13,15,17-19,21,23-25,27,29-59H2,1-5H3/p+1/b10-8-,16-14-,22-20-,28-26-. The number of unbranched alkanes of at least 4 members (excludes halogenated alkanes) is 34. The molecule has 0 saturated heterocycles. The molecular formula is C64H118NO8+.